The maximum Gasteiger partial charge on any atom is 0.226 e. The molecule has 2 aromatic rings. The molecule has 0 bridgehead atoms. The minimum atomic E-state index is -0.0667. The van der Waals surface area contributed by atoms with Crippen molar-refractivity contribution in [3.05, 3.63) is 54.4 Å². The van der Waals surface area contributed by atoms with Gasteiger partial charge in [0.25, 0.3) is 0 Å². The number of amides is 2. The zero-order valence-corrected chi connectivity index (χ0v) is 15.3. The van der Waals surface area contributed by atoms with Crippen molar-refractivity contribution in [2.75, 3.05) is 16.4 Å². The van der Waals surface area contributed by atoms with Crippen LogP contribution in [0.25, 0.3) is 0 Å². The molecule has 0 spiro atoms. The highest BCUT2D eigenvalue weighted by Gasteiger charge is 2.07. The Bertz CT molecular complexity index is 688. The minimum Gasteiger partial charge on any atom is -0.326 e. The highest BCUT2D eigenvalue weighted by atomic mass is 32.2. The number of nitrogens with one attached hydrogen (secondary N) is 2. The third kappa shape index (κ3) is 6.97. The number of rotatable bonds is 8. The van der Waals surface area contributed by atoms with E-state index in [1.165, 1.54) is 0 Å². The van der Waals surface area contributed by atoms with Crippen molar-refractivity contribution in [1.29, 1.82) is 0 Å². The average molecular weight is 357 g/mol. The van der Waals surface area contributed by atoms with Crippen LogP contribution in [0.5, 0.6) is 0 Å². The van der Waals surface area contributed by atoms with Gasteiger partial charge in [-0.15, -0.1) is 0 Å². The zero-order valence-electron chi connectivity index (χ0n) is 14.5. The summed E-state index contributed by atoms with van der Waals surface area (Å²) < 4.78 is 0. The summed E-state index contributed by atoms with van der Waals surface area (Å²) >= 11 is 1.69. The Morgan fingerprint density at radius 1 is 1.04 bits per heavy atom. The standard InChI is InChI=1S/C19H23N3O2S/c1-14(2)19(24)22-16-8-6-15(7-9-16)21-18(23)10-12-25-13-17-5-3-4-11-20-17/h3-9,11,14H,10,12-13H2,1-2H3,(H,21,23)(H,22,24). The molecule has 1 heterocycles. The van der Waals surface area contributed by atoms with E-state index < -0.39 is 0 Å². The third-order valence-electron chi connectivity index (χ3n) is 3.41. The van der Waals surface area contributed by atoms with Crippen molar-refractivity contribution in [3.63, 3.8) is 0 Å². The normalized spacial score (nSPS) is 10.5. The van der Waals surface area contributed by atoms with E-state index in [2.05, 4.69) is 15.6 Å². The van der Waals surface area contributed by atoms with E-state index in [1.807, 2.05) is 32.0 Å². The molecule has 2 amide bonds. The molecule has 2 rings (SSSR count). The van der Waals surface area contributed by atoms with E-state index >= 15 is 0 Å². The van der Waals surface area contributed by atoms with Crippen molar-refractivity contribution in [2.45, 2.75) is 26.0 Å². The van der Waals surface area contributed by atoms with E-state index in [1.54, 1.807) is 42.2 Å². The Kier molecular flexibility index (Phi) is 7.47. The van der Waals surface area contributed by atoms with E-state index in [4.69, 9.17) is 0 Å². The summed E-state index contributed by atoms with van der Waals surface area (Å²) in [6, 6.07) is 13.0. The molecule has 0 fully saturated rings. The highest BCUT2D eigenvalue weighted by Crippen LogP contribution is 2.16. The first-order valence-electron chi connectivity index (χ1n) is 8.23. The summed E-state index contributed by atoms with van der Waals surface area (Å²) in [6.07, 6.45) is 2.22. The van der Waals surface area contributed by atoms with Gasteiger partial charge in [0.2, 0.25) is 11.8 Å². The van der Waals surface area contributed by atoms with Crippen LogP contribution >= 0.6 is 11.8 Å². The molecule has 0 aliphatic rings. The quantitative estimate of drug-likeness (QED) is 0.702. The van der Waals surface area contributed by atoms with Crippen LogP contribution in [0.15, 0.2) is 48.7 Å². The molecular weight excluding hydrogens is 334 g/mol. The van der Waals surface area contributed by atoms with Gasteiger partial charge >= 0.3 is 0 Å². The number of carbonyl (C=O) groups excluding carboxylic acids is 2. The Balaban J connectivity index is 1.70. The summed E-state index contributed by atoms with van der Waals surface area (Å²) in [5, 5.41) is 5.68. The van der Waals surface area contributed by atoms with Crippen molar-refractivity contribution >= 4 is 35.0 Å². The molecule has 1 aromatic carbocycles. The van der Waals surface area contributed by atoms with E-state index in [-0.39, 0.29) is 17.7 Å². The number of carbonyl (C=O) groups is 2. The Morgan fingerprint density at radius 2 is 1.72 bits per heavy atom. The summed E-state index contributed by atoms with van der Waals surface area (Å²) in [7, 11) is 0. The van der Waals surface area contributed by atoms with Crippen LogP contribution in [-0.4, -0.2) is 22.6 Å². The molecule has 0 unspecified atom stereocenters. The minimum absolute atomic E-state index is 0.0208. The molecule has 0 saturated heterocycles. The van der Waals surface area contributed by atoms with Crippen LogP contribution in [0.2, 0.25) is 0 Å². The van der Waals surface area contributed by atoms with E-state index in [0.717, 1.165) is 28.6 Å². The lowest BCUT2D eigenvalue weighted by atomic mass is 10.2. The second kappa shape index (κ2) is 9.84. The number of nitrogens with zero attached hydrogens (tertiary/aromatic N) is 1. The lowest BCUT2D eigenvalue weighted by molar-refractivity contribution is -0.119. The van der Waals surface area contributed by atoms with Gasteiger partial charge in [-0.1, -0.05) is 19.9 Å². The Hall–Kier alpha value is -2.34. The maximum absolute atomic E-state index is 12.0. The third-order valence-corrected chi connectivity index (χ3v) is 4.40. The summed E-state index contributed by atoms with van der Waals surface area (Å²) in [6.45, 7) is 3.69. The molecule has 0 saturated carbocycles. The van der Waals surface area contributed by atoms with Crippen molar-refractivity contribution in [3.8, 4) is 0 Å². The van der Waals surface area contributed by atoms with Gasteiger partial charge in [0.1, 0.15) is 0 Å². The lowest BCUT2D eigenvalue weighted by Gasteiger charge is -2.09. The highest BCUT2D eigenvalue weighted by molar-refractivity contribution is 7.98. The van der Waals surface area contributed by atoms with Gasteiger partial charge in [0.05, 0.1) is 5.69 Å². The maximum atomic E-state index is 12.0. The number of pyridine rings is 1. The van der Waals surface area contributed by atoms with Crippen LogP contribution in [0.4, 0.5) is 11.4 Å². The van der Waals surface area contributed by atoms with Crippen LogP contribution in [0.1, 0.15) is 26.0 Å². The van der Waals surface area contributed by atoms with Gasteiger partial charge in [0, 0.05) is 41.4 Å². The van der Waals surface area contributed by atoms with Crippen molar-refractivity contribution in [1.82, 2.24) is 4.98 Å². The van der Waals surface area contributed by atoms with Gasteiger partial charge in [-0.05, 0) is 36.4 Å². The van der Waals surface area contributed by atoms with Gasteiger partial charge in [-0.25, -0.2) is 0 Å². The van der Waals surface area contributed by atoms with Crippen LogP contribution in [0, 0.1) is 5.92 Å². The van der Waals surface area contributed by atoms with E-state index in [9.17, 15) is 9.59 Å². The first-order chi connectivity index (χ1) is 12.0. The monoisotopic (exact) mass is 357 g/mol. The second-order valence-corrected chi connectivity index (χ2v) is 7.00. The number of hydrogen-bond acceptors (Lipinski definition) is 4. The number of aromatic nitrogens is 1. The molecule has 0 aliphatic heterocycles. The smallest absolute Gasteiger partial charge is 0.226 e. The molecule has 25 heavy (non-hydrogen) atoms. The van der Waals surface area contributed by atoms with Crippen molar-refractivity contribution < 1.29 is 9.59 Å². The second-order valence-electron chi connectivity index (χ2n) is 5.89. The van der Waals surface area contributed by atoms with Gasteiger partial charge in [-0.2, -0.15) is 11.8 Å². The zero-order chi connectivity index (χ0) is 18.1. The number of hydrogen-bond donors (Lipinski definition) is 2. The number of thioether (sulfide) groups is 1. The largest absolute Gasteiger partial charge is 0.326 e. The predicted octanol–water partition coefficient (Wildman–Crippen LogP) is 3.94. The molecule has 132 valence electrons. The Morgan fingerprint density at radius 3 is 2.32 bits per heavy atom. The predicted molar refractivity (Wildman–Crippen MR) is 104 cm³/mol. The van der Waals surface area contributed by atoms with E-state index in [0.29, 0.717) is 6.42 Å². The molecular formula is C19H23N3O2S. The average Bonchev–Trinajstić information content (AvgIpc) is 2.61. The Labute approximate surface area is 152 Å². The molecule has 5 nitrogen and oxygen atoms in total. The molecule has 0 atom stereocenters. The molecule has 2 N–H and O–H groups in total. The number of anilines is 2. The van der Waals surface area contributed by atoms with Crippen LogP contribution < -0.4 is 10.6 Å². The summed E-state index contributed by atoms with van der Waals surface area (Å²) in [4.78, 5) is 27.9. The topological polar surface area (TPSA) is 71.1 Å². The number of benzene rings is 1. The van der Waals surface area contributed by atoms with Gasteiger partial charge < -0.3 is 10.6 Å². The molecule has 0 radical (unpaired) electrons. The van der Waals surface area contributed by atoms with Crippen molar-refractivity contribution in [2.24, 2.45) is 5.92 Å². The fourth-order valence-electron chi connectivity index (χ4n) is 1.97. The fraction of sp³-hybridized carbons (Fsp3) is 0.316. The fourth-order valence-corrected chi connectivity index (χ4v) is 2.83. The SMILES string of the molecule is CC(C)C(=O)Nc1ccc(NC(=O)CCSCc2ccccn2)cc1. The summed E-state index contributed by atoms with van der Waals surface area (Å²) in [5.41, 5.74) is 2.47. The summed E-state index contributed by atoms with van der Waals surface area (Å²) in [5.74, 6) is 1.43. The van der Waals surface area contributed by atoms with Crippen LogP contribution in [-0.2, 0) is 15.3 Å². The van der Waals surface area contributed by atoms with Gasteiger partial charge in [-0.3, -0.25) is 14.6 Å². The lowest BCUT2D eigenvalue weighted by Crippen LogP contribution is -2.17. The molecule has 1 aromatic heterocycles. The van der Waals surface area contributed by atoms with Gasteiger partial charge in [0.15, 0.2) is 0 Å². The molecule has 0 aliphatic carbocycles. The first-order valence-corrected chi connectivity index (χ1v) is 9.38. The molecule has 6 heteroatoms. The van der Waals surface area contributed by atoms with Crippen LogP contribution in [0.3, 0.4) is 0 Å². The first kappa shape index (κ1) is 19.0.